The summed E-state index contributed by atoms with van der Waals surface area (Å²) in [6.07, 6.45) is 0.921. The Morgan fingerprint density at radius 1 is 1.00 bits per heavy atom. The quantitative estimate of drug-likeness (QED) is 0.705. The van der Waals surface area contributed by atoms with E-state index in [0.717, 1.165) is 6.42 Å². The van der Waals surface area contributed by atoms with Crippen LogP contribution in [0.1, 0.15) is 16.7 Å². The van der Waals surface area contributed by atoms with Gasteiger partial charge < -0.3 is 10.7 Å². The third-order valence-corrected chi connectivity index (χ3v) is 3.50. The van der Waals surface area contributed by atoms with E-state index in [-0.39, 0.29) is 0 Å². The summed E-state index contributed by atoms with van der Waals surface area (Å²) in [6.45, 7) is 4.97. The molecule has 0 saturated heterocycles. The summed E-state index contributed by atoms with van der Waals surface area (Å²) >= 11 is 0. The van der Waals surface area contributed by atoms with Gasteiger partial charge in [0.1, 0.15) is 0 Å². The minimum absolute atomic E-state index is 0.687. The number of aryl methyl sites for hydroxylation is 2. The van der Waals surface area contributed by atoms with Crippen molar-refractivity contribution in [3.05, 3.63) is 47.0 Å². The summed E-state index contributed by atoms with van der Waals surface area (Å²) < 4.78 is 0. The normalized spacial score (nSPS) is 11.5. The molecule has 0 aliphatic rings. The Morgan fingerprint density at radius 2 is 1.78 bits per heavy atom. The summed E-state index contributed by atoms with van der Waals surface area (Å²) in [7, 11) is 0. The number of nitrogens with two attached hydrogens (primary N) is 1. The molecule has 0 radical (unpaired) electrons. The number of aromatic nitrogens is 1. The van der Waals surface area contributed by atoms with Gasteiger partial charge in [0.15, 0.2) is 0 Å². The van der Waals surface area contributed by atoms with Crippen molar-refractivity contribution in [3.63, 3.8) is 0 Å². The zero-order valence-electron chi connectivity index (χ0n) is 10.9. The first kappa shape index (κ1) is 11.3. The van der Waals surface area contributed by atoms with Gasteiger partial charge >= 0.3 is 0 Å². The highest BCUT2D eigenvalue weighted by Gasteiger charge is 2.08. The molecule has 0 bridgehead atoms. The second-order valence-electron chi connectivity index (χ2n) is 5.06. The lowest BCUT2D eigenvalue weighted by molar-refractivity contribution is 0.973. The van der Waals surface area contributed by atoms with Gasteiger partial charge in [-0.05, 0) is 50.6 Å². The van der Waals surface area contributed by atoms with Crippen LogP contribution in [0.15, 0.2) is 30.3 Å². The molecule has 3 aromatic rings. The predicted molar refractivity (Wildman–Crippen MR) is 78.0 cm³/mol. The van der Waals surface area contributed by atoms with Gasteiger partial charge in [-0.25, -0.2) is 0 Å². The molecule has 2 aromatic carbocycles. The highest BCUT2D eigenvalue weighted by molar-refractivity contribution is 6.08. The Balaban J connectivity index is 2.42. The Morgan fingerprint density at radius 3 is 2.56 bits per heavy atom. The molecular weight excluding hydrogens is 220 g/mol. The van der Waals surface area contributed by atoms with E-state index in [1.54, 1.807) is 0 Å². The molecule has 18 heavy (non-hydrogen) atoms. The van der Waals surface area contributed by atoms with Crippen LogP contribution >= 0.6 is 0 Å². The fourth-order valence-corrected chi connectivity index (χ4v) is 2.70. The lowest BCUT2D eigenvalue weighted by Crippen LogP contribution is -2.03. The first-order chi connectivity index (χ1) is 8.69. The van der Waals surface area contributed by atoms with Crippen LogP contribution < -0.4 is 5.73 Å². The first-order valence-corrected chi connectivity index (χ1v) is 6.40. The maximum Gasteiger partial charge on any atom is 0.0498 e. The molecule has 92 valence electrons. The molecule has 0 amide bonds. The van der Waals surface area contributed by atoms with Crippen molar-refractivity contribution in [3.8, 4) is 0 Å². The molecule has 1 aromatic heterocycles. The molecular formula is C16H18N2. The van der Waals surface area contributed by atoms with E-state index in [1.807, 2.05) is 0 Å². The van der Waals surface area contributed by atoms with Crippen molar-refractivity contribution in [2.24, 2.45) is 5.73 Å². The van der Waals surface area contributed by atoms with Gasteiger partial charge in [-0.15, -0.1) is 0 Å². The zero-order valence-corrected chi connectivity index (χ0v) is 10.9. The van der Waals surface area contributed by atoms with Crippen molar-refractivity contribution < 1.29 is 0 Å². The van der Waals surface area contributed by atoms with E-state index in [9.17, 15) is 0 Å². The Bertz CT molecular complexity index is 723. The monoisotopic (exact) mass is 238 g/mol. The number of benzene rings is 2. The highest BCUT2D eigenvalue weighted by Crippen LogP contribution is 2.29. The number of fused-ring (bicyclic) bond motifs is 3. The van der Waals surface area contributed by atoms with Gasteiger partial charge in [-0.3, -0.25) is 0 Å². The highest BCUT2D eigenvalue weighted by atomic mass is 14.7. The van der Waals surface area contributed by atoms with Crippen LogP contribution in [0.25, 0.3) is 21.8 Å². The fourth-order valence-electron chi connectivity index (χ4n) is 2.70. The smallest absolute Gasteiger partial charge is 0.0498 e. The molecule has 2 nitrogen and oxygen atoms in total. The number of aromatic amines is 1. The SMILES string of the molecule is Cc1ccc2[nH]c3c(CCN)cc(C)cc3c2c1. The number of hydrogen-bond acceptors (Lipinski definition) is 1. The van der Waals surface area contributed by atoms with Crippen molar-refractivity contribution in [2.45, 2.75) is 20.3 Å². The average molecular weight is 238 g/mol. The van der Waals surface area contributed by atoms with Gasteiger partial charge in [-0.1, -0.05) is 23.3 Å². The minimum Gasteiger partial charge on any atom is -0.354 e. The molecule has 0 fully saturated rings. The standard InChI is InChI=1S/C16H18N2/c1-10-3-4-15-13(8-10)14-9-11(2)7-12(5-6-17)16(14)18-15/h3-4,7-9,18H,5-6,17H2,1-2H3. The summed E-state index contributed by atoms with van der Waals surface area (Å²) in [6, 6.07) is 11.0. The number of H-pyrrole nitrogens is 1. The van der Waals surface area contributed by atoms with Gasteiger partial charge in [-0.2, -0.15) is 0 Å². The van der Waals surface area contributed by atoms with Crippen LogP contribution in [-0.2, 0) is 6.42 Å². The van der Waals surface area contributed by atoms with Crippen LogP contribution in [0.3, 0.4) is 0 Å². The zero-order chi connectivity index (χ0) is 12.7. The molecule has 0 aliphatic heterocycles. The maximum atomic E-state index is 5.71. The maximum absolute atomic E-state index is 5.71. The molecule has 0 spiro atoms. The van der Waals surface area contributed by atoms with E-state index < -0.39 is 0 Å². The molecule has 1 heterocycles. The fraction of sp³-hybridized carbons (Fsp3) is 0.250. The van der Waals surface area contributed by atoms with E-state index >= 15 is 0 Å². The topological polar surface area (TPSA) is 41.8 Å². The summed E-state index contributed by atoms with van der Waals surface area (Å²) in [4.78, 5) is 3.53. The summed E-state index contributed by atoms with van der Waals surface area (Å²) in [5.41, 5.74) is 12.1. The van der Waals surface area contributed by atoms with E-state index in [1.165, 1.54) is 38.5 Å². The van der Waals surface area contributed by atoms with Crippen molar-refractivity contribution in [2.75, 3.05) is 6.54 Å². The van der Waals surface area contributed by atoms with Gasteiger partial charge in [0, 0.05) is 21.8 Å². The number of nitrogens with one attached hydrogen (secondary N) is 1. The predicted octanol–water partition coefficient (Wildman–Crippen LogP) is 3.44. The van der Waals surface area contributed by atoms with Crippen LogP contribution in [0.5, 0.6) is 0 Å². The van der Waals surface area contributed by atoms with Gasteiger partial charge in [0.2, 0.25) is 0 Å². The van der Waals surface area contributed by atoms with Gasteiger partial charge in [0.25, 0.3) is 0 Å². The molecule has 3 N–H and O–H groups in total. The van der Waals surface area contributed by atoms with Crippen LogP contribution in [-0.4, -0.2) is 11.5 Å². The minimum atomic E-state index is 0.687. The lowest BCUT2D eigenvalue weighted by atomic mass is 10.0. The molecule has 0 aliphatic carbocycles. The second-order valence-corrected chi connectivity index (χ2v) is 5.06. The molecule has 0 saturated carbocycles. The van der Waals surface area contributed by atoms with Crippen molar-refractivity contribution in [1.29, 1.82) is 0 Å². The molecule has 3 rings (SSSR count). The van der Waals surface area contributed by atoms with E-state index in [2.05, 4.69) is 49.2 Å². The lowest BCUT2D eigenvalue weighted by Gasteiger charge is -2.03. The number of rotatable bonds is 2. The average Bonchev–Trinajstić information content (AvgIpc) is 2.68. The molecule has 0 unspecified atom stereocenters. The van der Waals surface area contributed by atoms with Crippen molar-refractivity contribution in [1.82, 2.24) is 4.98 Å². The molecule has 2 heteroatoms. The van der Waals surface area contributed by atoms with E-state index in [0.29, 0.717) is 6.54 Å². The first-order valence-electron chi connectivity index (χ1n) is 6.40. The Labute approximate surface area is 107 Å². The Kier molecular flexibility index (Phi) is 2.60. The third kappa shape index (κ3) is 1.70. The van der Waals surface area contributed by atoms with Crippen LogP contribution in [0.2, 0.25) is 0 Å². The number of hydrogen-bond donors (Lipinski definition) is 2. The van der Waals surface area contributed by atoms with Crippen molar-refractivity contribution >= 4 is 21.8 Å². The van der Waals surface area contributed by atoms with Crippen LogP contribution in [0, 0.1) is 13.8 Å². The second kappa shape index (κ2) is 4.14. The van der Waals surface area contributed by atoms with Crippen LogP contribution in [0.4, 0.5) is 0 Å². The summed E-state index contributed by atoms with van der Waals surface area (Å²) in [5.74, 6) is 0. The third-order valence-electron chi connectivity index (χ3n) is 3.50. The Hall–Kier alpha value is -1.80. The van der Waals surface area contributed by atoms with E-state index in [4.69, 9.17) is 5.73 Å². The molecule has 0 atom stereocenters. The summed E-state index contributed by atoms with van der Waals surface area (Å²) in [5, 5.41) is 2.63. The largest absolute Gasteiger partial charge is 0.354 e. The van der Waals surface area contributed by atoms with Gasteiger partial charge in [0.05, 0.1) is 0 Å².